The highest BCUT2D eigenvalue weighted by atomic mass is 32.1. The number of amides is 1. The van der Waals surface area contributed by atoms with Crippen LogP contribution in [0.25, 0.3) is 10.2 Å². The number of nitrogens with zero attached hydrogens (tertiary/aromatic N) is 3. The van der Waals surface area contributed by atoms with E-state index in [2.05, 4.69) is 44.7 Å². The maximum atomic E-state index is 13.6. The molecule has 2 aromatic carbocycles. The second kappa shape index (κ2) is 9.24. The maximum Gasteiger partial charge on any atom is 0.273 e. The molecule has 1 unspecified atom stereocenters. The van der Waals surface area contributed by atoms with Crippen LogP contribution in [0.5, 0.6) is 11.5 Å². The smallest absolute Gasteiger partial charge is 0.273 e. The van der Waals surface area contributed by atoms with Gasteiger partial charge in [0.05, 0.1) is 10.2 Å². The molecule has 0 bridgehead atoms. The predicted molar refractivity (Wildman–Crippen MR) is 126 cm³/mol. The molecule has 0 radical (unpaired) electrons. The van der Waals surface area contributed by atoms with Crippen molar-refractivity contribution in [2.75, 3.05) is 37.7 Å². The molecule has 164 valence electrons. The number of likely N-dealkylation sites (N-methyl/N-ethyl adjacent to an activating group) is 1. The summed E-state index contributed by atoms with van der Waals surface area (Å²) in [5, 5.41) is 0.711. The van der Waals surface area contributed by atoms with Crippen LogP contribution < -0.4 is 14.4 Å². The Hall–Kier alpha value is -2.64. The van der Waals surface area contributed by atoms with Crippen molar-refractivity contribution in [2.45, 2.75) is 33.8 Å². The minimum absolute atomic E-state index is 0.116. The van der Waals surface area contributed by atoms with Gasteiger partial charge in [-0.2, -0.15) is 0 Å². The third kappa shape index (κ3) is 4.38. The quantitative estimate of drug-likeness (QED) is 0.545. The summed E-state index contributed by atoms with van der Waals surface area (Å²) in [4.78, 5) is 22.5. The summed E-state index contributed by atoms with van der Waals surface area (Å²) in [5.74, 6) is 1.16. The number of benzene rings is 2. The Morgan fingerprint density at radius 1 is 1.10 bits per heavy atom. The fourth-order valence-electron chi connectivity index (χ4n) is 3.73. The van der Waals surface area contributed by atoms with E-state index in [0.717, 1.165) is 35.4 Å². The van der Waals surface area contributed by atoms with Gasteiger partial charge >= 0.3 is 0 Å². The number of fused-ring (bicyclic) bond motifs is 2. The Bertz CT molecular complexity index is 1080. The van der Waals surface area contributed by atoms with Crippen molar-refractivity contribution >= 4 is 32.6 Å². The third-order valence-corrected chi connectivity index (χ3v) is 6.93. The Balaban J connectivity index is 1.64. The van der Waals surface area contributed by atoms with Crippen molar-refractivity contribution in [1.29, 1.82) is 0 Å². The minimum atomic E-state index is -0.693. The van der Waals surface area contributed by atoms with Gasteiger partial charge < -0.3 is 14.4 Å². The molecule has 0 saturated heterocycles. The lowest BCUT2D eigenvalue weighted by Crippen LogP contribution is -2.48. The first-order valence-electron chi connectivity index (χ1n) is 10.8. The Kier molecular flexibility index (Phi) is 6.43. The molecule has 7 heteroatoms. The maximum absolute atomic E-state index is 13.6. The molecule has 1 amide bonds. The van der Waals surface area contributed by atoms with Crippen molar-refractivity contribution in [1.82, 2.24) is 9.88 Å². The number of aryl methyl sites for hydroxylation is 2. The summed E-state index contributed by atoms with van der Waals surface area (Å²) < 4.78 is 12.9. The van der Waals surface area contributed by atoms with Crippen LogP contribution >= 0.6 is 11.3 Å². The Labute approximate surface area is 187 Å². The van der Waals surface area contributed by atoms with Crippen LogP contribution in [0.4, 0.5) is 5.13 Å². The summed E-state index contributed by atoms with van der Waals surface area (Å²) in [7, 11) is 0. The van der Waals surface area contributed by atoms with E-state index in [1.807, 2.05) is 24.3 Å². The number of hydrogen-bond acceptors (Lipinski definition) is 6. The Morgan fingerprint density at radius 3 is 2.58 bits per heavy atom. The number of anilines is 1. The van der Waals surface area contributed by atoms with Crippen molar-refractivity contribution < 1.29 is 14.3 Å². The first-order chi connectivity index (χ1) is 15.0. The largest absolute Gasteiger partial charge is 0.485 e. The van der Waals surface area contributed by atoms with Crippen LogP contribution in [-0.4, -0.2) is 54.7 Å². The number of carbonyl (C=O) groups is 1. The fourth-order valence-corrected chi connectivity index (χ4v) is 4.78. The van der Waals surface area contributed by atoms with Gasteiger partial charge in [-0.1, -0.05) is 43.4 Å². The molecular formula is C24H29N3O3S. The molecule has 0 N–H and O–H groups in total. The average Bonchev–Trinajstić information content (AvgIpc) is 3.23. The fraction of sp³-hybridized carbons (Fsp3) is 0.417. The second-order valence-electron chi connectivity index (χ2n) is 7.73. The molecule has 0 aliphatic carbocycles. The molecule has 4 rings (SSSR count). The number of thiazole rings is 1. The van der Waals surface area contributed by atoms with Gasteiger partial charge in [-0.15, -0.1) is 0 Å². The van der Waals surface area contributed by atoms with E-state index in [-0.39, 0.29) is 12.5 Å². The van der Waals surface area contributed by atoms with Gasteiger partial charge in [0.1, 0.15) is 6.61 Å². The van der Waals surface area contributed by atoms with Crippen molar-refractivity contribution in [3.05, 3.63) is 47.5 Å². The van der Waals surface area contributed by atoms with Gasteiger partial charge in [0.15, 0.2) is 16.6 Å². The monoisotopic (exact) mass is 439 g/mol. The molecule has 31 heavy (non-hydrogen) atoms. The van der Waals surface area contributed by atoms with Gasteiger partial charge in [-0.25, -0.2) is 4.98 Å². The number of rotatable bonds is 7. The highest BCUT2D eigenvalue weighted by Gasteiger charge is 2.33. The lowest BCUT2D eigenvalue weighted by Gasteiger charge is -2.30. The van der Waals surface area contributed by atoms with E-state index in [9.17, 15) is 4.79 Å². The number of para-hydroxylation sites is 2. The van der Waals surface area contributed by atoms with Crippen LogP contribution in [0, 0.1) is 13.8 Å². The van der Waals surface area contributed by atoms with Gasteiger partial charge in [0, 0.05) is 13.1 Å². The summed E-state index contributed by atoms with van der Waals surface area (Å²) in [5.41, 5.74) is 3.32. The number of hydrogen-bond donors (Lipinski definition) is 0. The first kappa shape index (κ1) is 21.6. The molecule has 0 spiro atoms. The van der Waals surface area contributed by atoms with Crippen molar-refractivity contribution in [3.63, 3.8) is 0 Å². The van der Waals surface area contributed by atoms with Crippen LogP contribution in [0.2, 0.25) is 0 Å². The topological polar surface area (TPSA) is 54.9 Å². The average molecular weight is 440 g/mol. The normalized spacial score (nSPS) is 15.5. The van der Waals surface area contributed by atoms with Gasteiger partial charge in [0.2, 0.25) is 6.10 Å². The zero-order valence-corrected chi connectivity index (χ0v) is 19.4. The zero-order chi connectivity index (χ0) is 22.0. The third-order valence-electron chi connectivity index (χ3n) is 5.89. The van der Waals surface area contributed by atoms with Crippen molar-refractivity contribution in [3.8, 4) is 11.5 Å². The van der Waals surface area contributed by atoms with Crippen LogP contribution in [-0.2, 0) is 4.79 Å². The molecule has 1 atom stereocenters. The summed E-state index contributed by atoms with van der Waals surface area (Å²) in [6.07, 6.45) is -0.693. The number of ether oxygens (including phenoxy) is 2. The predicted octanol–water partition coefficient (Wildman–Crippen LogP) is 4.43. The zero-order valence-electron chi connectivity index (χ0n) is 18.6. The van der Waals surface area contributed by atoms with Gasteiger partial charge in [0.25, 0.3) is 5.91 Å². The summed E-state index contributed by atoms with van der Waals surface area (Å²) in [6.45, 7) is 11.8. The van der Waals surface area contributed by atoms with Gasteiger partial charge in [-0.05, 0) is 56.3 Å². The van der Waals surface area contributed by atoms with E-state index < -0.39 is 6.10 Å². The molecule has 3 aromatic rings. The van der Waals surface area contributed by atoms with Crippen molar-refractivity contribution in [2.24, 2.45) is 0 Å². The van der Waals surface area contributed by atoms with Crippen LogP contribution in [0.3, 0.4) is 0 Å². The van der Waals surface area contributed by atoms with E-state index in [4.69, 9.17) is 14.5 Å². The first-order valence-corrected chi connectivity index (χ1v) is 11.6. The molecule has 1 aliphatic heterocycles. The number of carbonyl (C=O) groups excluding carboxylic acids is 1. The lowest BCUT2D eigenvalue weighted by molar-refractivity contribution is -0.127. The summed E-state index contributed by atoms with van der Waals surface area (Å²) >= 11 is 1.55. The highest BCUT2D eigenvalue weighted by Crippen LogP contribution is 2.34. The summed E-state index contributed by atoms with van der Waals surface area (Å²) in [6, 6.07) is 11.7. The van der Waals surface area contributed by atoms with Crippen LogP contribution in [0.15, 0.2) is 36.4 Å². The molecule has 6 nitrogen and oxygen atoms in total. The Morgan fingerprint density at radius 2 is 1.84 bits per heavy atom. The minimum Gasteiger partial charge on any atom is -0.485 e. The number of aromatic nitrogens is 1. The molecular weight excluding hydrogens is 410 g/mol. The van der Waals surface area contributed by atoms with Crippen LogP contribution in [0.1, 0.15) is 25.0 Å². The SMILES string of the molecule is CCN(CC)CCN(C(=O)C1COc2ccccc2O1)c1nc2c(C)c(C)ccc2s1. The molecule has 2 heterocycles. The standard InChI is InChI=1S/C24H29N3O3S/c1-5-26(6-2)13-14-27(24-25-22-17(4)16(3)11-12-21(22)31-24)23(28)20-15-29-18-9-7-8-10-19(18)30-20/h7-12,20H,5-6,13-15H2,1-4H3. The van der Waals surface area contributed by atoms with E-state index in [1.165, 1.54) is 5.56 Å². The lowest BCUT2D eigenvalue weighted by atomic mass is 10.1. The molecule has 0 fully saturated rings. The molecule has 1 aliphatic rings. The van der Waals surface area contributed by atoms with E-state index in [0.29, 0.717) is 23.2 Å². The highest BCUT2D eigenvalue weighted by molar-refractivity contribution is 7.22. The van der Waals surface area contributed by atoms with Gasteiger partial charge in [-0.3, -0.25) is 9.69 Å². The van der Waals surface area contributed by atoms with E-state index in [1.54, 1.807) is 16.2 Å². The molecule has 1 aromatic heterocycles. The second-order valence-corrected chi connectivity index (χ2v) is 8.74. The van der Waals surface area contributed by atoms with E-state index >= 15 is 0 Å². The molecule has 0 saturated carbocycles.